The summed E-state index contributed by atoms with van der Waals surface area (Å²) in [6, 6.07) is 4.60. The van der Waals surface area contributed by atoms with Crippen LogP contribution in [-0.4, -0.2) is 20.3 Å². The van der Waals surface area contributed by atoms with Crippen molar-refractivity contribution in [3.63, 3.8) is 0 Å². The summed E-state index contributed by atoms with van der Waals surface area (Å²) >= 11 is 3.69. The van der Waals surface area contributed by atoms with E-state index < -0.39 is 0 Å². The molecule has 3 heteroatoms. The molecule has 1 aromatic rings. The van der Waals surface area contributed by atoms with Gasteiger partial charge < -0.3 is 9.47 Å². The van der Waals surface area contributed by atoms with Crippen LogP contribution in [0.5, 0.6) is 5.75 Å². The molecule has 126 valence electrons. The Kier molecular flexibility index (Phi) is 4.00. The highest BCUT2D eigenvalue weighted by Crippen LogP contribution is 2.61. The fourth-order valence-corrected chi connectivity index (χ4v) is 6.59. The minimum Gasteiger partial charge on any atom is -0.496 e. The van der Waals surface area contributed by atoms with Gasteiger partial charge in [-0.1, -0.05) is 6.92 Å². The zero-order valence-corrected chi connectivity index (χ0v) is 16.0. The van der Waals surface area contributed by atoms with Crippen LogP contribution in [0.25, 0.3) is 0 Å². The van der Waals surface area contributed by atoms with Gasteiger partial charge in [-0.15, -0.1) is 0 Å². The van der Waals surface area contributed by atoms with Gasteiger partial charge in [0.05, 0.1) is 17.7 Å². The summed E-state index contributed by atoms with van der Waals surface area (Å²) < 4.78 is 12.5. The fourth-order valence-electron chi connectivity index (χ4n) is 6.07. The Bertz CT molecular complexity index is 614. The zero-order valence-electron chi connectivity index (χ0n) is 14.4. The molecule has 3 aliphatic rings. The standard InChI is InChI=1S/C20H27BrO2/c1-20-9-8-13-14(16(20)6-7-19(20)23-3)5-4-12-10-18(22-2)17(21)11-15(12)13/h10-11,13-14,16,19H,4-9H2,1-3H3/t13-,14+,16-,19-,20-/m0/s1. The minimum absolute atomic E-state index is 0.400. The summed E-state index contributed by atoms with van der Waals surface area (Å²) in [6.07, 6.45) is 8.22. The average Bonchev–Trinajstić information content (AvgIpc) is 2.90. The fraction of sp³-hybridized carbons (Fsp3) is 0.700. The van der Waals surface area contributed by atoms with Crippen molar-refractivity contribution >= 4 is 15.9 Å². The highest BCUT2D eigenvalue weighted by atomic mass is 79.9. The quantitative estimate of drug-likeness (QED) is 0.692. The van der Waals surface area contributed by atoms with Crippen LogP contribution in [0.4, 0.5) is 0 Å². The van der Waals surface area contributed by atoms with Crippen LogP contribution in [0.15, 0.2) is 16.6 Å². The summed E-state index contributed by atoms with van der Waals surface area (Å²) in [6.45, 7) is 2.49. The van der Waals surface area contributed by atoms with E-state index in [2.05, 4.69) is 35.0 Å². The zero-order chi connectivity index (χ0) is 16.2. The summed E-state index contributed by atoms with van der Waals surface area (Å²) in [5, 5.41) is 0. The van der Waals surface area contributed by atoms with Crippen LogP contribution < -0.4 is 4.74 Å². The Hall–Kier alpha value is -0.540. The maximum atomic E-state index is 5.86. The topological polar surface area (TPSA) is 18.5 Å². The molecule has 0 unspecified atom stereocenters. The molecule has 0 bridgehead atoms. The van der Waals surface area contributed by atoms with Crippen molar-refractivity contribution in [2.24, 2.45) is 17.3 Å². The third-order valence-corrected chi connectivity index (χ3v) is 7.81. The van der Waals surface area contributed by atoms with Gasteiger partial charge in [-0.2, -0.15) is 0 Å². The van der Waals surface area contributed by atoms with Crippen LogP contribution in [0.2, 0.25) is 0 Å². The first kappa shape index (κ1) is 16.0. The first-order chi connectivity index (χ1) is 11.1. The van der Waals surface area contributed by atoms with Crippen molar-refractivity contribution in [2.75, 3.05) is 14.2 Å². The van der Waals surface area contributed by atoms with E-state index in [9.17, 15) is 0 Å². The van der Waals surface area contributed by atoms with Gasteiger partial charge >= 0.3 is 0 Å². The third kappa shape index (κ3) is 2.30. The van der Waals surface area contributed by atoms with Crippen LogP contribution in [0.3, 0.4) is 0 Å². The van der Waals surface area contributed by atoms with E-state index in [0.29, 0.717) is 11.5 Å². The second-order valence-electron chi connectivity index (χ2n) is 7.95. The van der Waals surface area contributed by atoms with E-state index in [0.717, 1.165) is 28.0 Å². The van der Waals surface area contributed by atoms with Gasteiger partial charge in [0.25, 0.3) is 0 Å². The van der Waals surface area contributed by atoms with Crippen molar-refractivity contribution in [3.8, 4) is 5.75 Å². The van der Waals surface area contributed by atoms with E-state index in [1.54, 1.807) is 12.7 Å². The number of hydrogen-bond donors (Lipinski definition) is 0. The molecular formula is C20H27BrO2. The van der Waals surface area contributed by atoms with Crippen LogP contribution in [0, 0.1) is 17.3 Å². The van der Waals surface area contributed by atoms with Crippen LogP contribution >= 0.6 is 15.9 Å². The lowest BCUT2D eigenvalue weighted by molar-refractivity contribution is -0.0444. The number of benzene rings is 1. The number of halogens is 1. The van der Waals surface area contributed by atoms with Gasteiger partial charge in [-0.25, -0.2) is 0 Å². The van der Waals surface area contributed by atoms with Gasteiger partial charge in [0.15, 0.2) is 0 Å². The molecule has 0 heterocycles. The van der Waals surface area contributed by atoms with Gasteiger partial charge in [-0.05, 0) is 101 Å². The highest BCUT2D eigenvalue weighted by molar-refractivity contribution is 9.10. The van der Waals surface area contributed by atoms with Crippen molar-refractivity contribution in [1.29, 1.82) is 0 Å². The van der Waals surface area contributed by atoms with Crippen LogP contribution in [-0.2, 0) is 11.2 Å². The number of ether oxygens (including phenoxy) is 2. The maximum Gasteiger partial charge on any atom is 0.133 e. The Morgan fingerprint density at radius 3 is 2.70 bits per heavy atom. The number of methoxy groups -OCH3 is 2. The number of aryl methyl sites for hydroxylation is 1. The SMILES string of the molecule is COc1cc2c(cc1Br)[C@H]1CC[C@]3(C)[C@@H](OC)CC[C@H]3[C@@H]1CC2. The average molecular weight is 379 g/mol. The van der Waals surface area contributed by atoms with E-state index in [1.807, 2.05) is 7.11 Å². The maximum absolute atomic E-state index is 5.86. The Morgan fingerprint density at radius 2 is 1.96 bits per heavy atom. The molecule has 3 aliphatic carbocycles. The van der Waals surface area contributed by atoms with Gasteiger partial charge in [0, 0.05) is 7.11 Å². The predicted octanol–water partition coefficient (Wildman–Crippen LogP) is 5.33. The van der Waals surface area contributed by atoms with Crippen molar-refractivity contribution in [1.82, 2.24) is 0 Å². The molecule has 0 N–H and O–H groups in total. The van der Waals surface area contributed by atoms with E-state index >= 15 is 0 Å². The van der Waals surface area contributed by atoms with E-state index in [1.165, 1.54) is 44.1 Å². The van der Waals surface area contributed by atoms with Crippen molar-refractivity contribution in [2.45, 2.75) is 57.5 Å². The molecule has 0 spiro atoms. The molecule has 5 atom stereocenters. The third-order valence-electron chi connectivity index (χ3n) is 7.19. The molecule has 1 aromatic carbocycles. The molecule has 0 amide bonds. The second-order valence-corrected chi connectivity index (χ2v) is 8.80. The largest absolute Gasteiger partial charge is 0.496 e. The molecule has 0 radical (unpaired) electrons. The second kappa shape index (κ2) is 5.77. The molecule has 0 aromatic heterocycles. The summed E-state index contributed by atoms with van der Waals surface area (Å²) in [4.78, 5) is 0. The predicted molar refractivity (Wildman–Crippen MR) is 96.1 cm³/mol. The smallest absolute Gasteiger partial charge is 0.133 e. The van der Waals surface area contributed by atoms with E-state index in [-0.39, 0.29) is 0 Å². The van der Waals surface area contributed by atoms with Crippen LogP contribution in [0.1, 0.15) is 56.1 Å². The summed E-state index contributed by atoms with van der Waals surface area (Å²) in [5.41, 5.74) is 3.49. The van der Waals surface area contributed by atoms with Gasteiger partial charge in [-0.3, -0.25) is 0 Å². The Balaban J connectivity index is 1.69. The molecule has 2 nitrogen and oxygen atoms in total. The Labute approximate surface area is 148 Å². The van der Waals surface area contributed by atoms with Crippen molar-refractivity contribution in [3.05, 3.63) is 27.7 Å². The number of hydrogen-bond acceptors (Lipinski definition) is 2. The monoisotopic (exact) mass is 378 g/mol. The van der Waals surface area contributed by atoms with Crippen molar-refractivity contribution < 1.29 is 9.47 Å². The Morgan fingerprint density at radius 1 is 1.13 bits per heavy atom. The summed E-state index contributed by atoms with van der Waals surface area (Å²) in [7, 11) is 3.66. The molecule has 4 rings (SSSR count). The van der Waals surface area contributed by atoms with Gasteiger partial charge in [0.1, 0.15) is 5.75 Å². The lowest BCUT2D eigenvalue weighted by atomic mass is 9.55. The molecular weight excluding hydrogens is 352 g/mol. The van der Waals surface area contributed by atoms with Gasteiger partial charge in [0.2, 0.25) is 0 Å². The summed E-state index contributed by atoms with van der Waals surface area (Å²) in [5.74, 6) is 3.37. The molecule has 0 aliphatic heterocycles. The number of rotatable bonds is 2. The first-order valence-electron chi connectivity index (χ1n) is 8.97. The number of fused-ring (bicyclic) bond motifs is 5. The normalized spacial score (nSPS) is 38.6. The lowest BCUT2D eigenvalue weighted by Gasteiger charge is -2.50. The minimum atomic E-state index is 0.400. The lowest BCUT2D eigenvalue weighted by Crippen LogP contribution is -2.44. The first-order valence-corrected chi connectivity index (χ1v) is 9.77. The molecule has 23 heavy (non-hydrogen) atoms. The molecule has 2 saturated carbocycles. The molecule has 0 saturated heterocycles. The van der Waals surface area contributed by atoms with E-state index in [4.69, 9.17) is 9.47 Å². The highest BCUT2D eigenvalue weighted by Gasteiger charge is 2.55. The molecule has 2 fully saturated rings.